The Morgan fingerprint density at radius 2 is 2.21 bits per heavy atom. The minimum absolute atomic E-state index is 0.0420. The van der Waals surface area contributed by atoms with E-state index in [4.69, 9.17) is 4.74 Å². The Kier molecular flexibility index (Phi) is 4.94. The predicted molar refractivity (Wildman–Crippen MR) is 56.0 cm³/mol. The van der Waals surface area contributed by atoms with E-state index in [2.05, 4.69) is 12.2 Å². The Hall–Kier alpha value is -0.570. The minimum Gasteiger partial charge on any atom is -0.466 e. The second-order valence-electron chi connectivity index (χ2n) is 3.93. The second kappa shape index (κ2) is 6.02. The topological polar surface area (TPSA) is 38.3 Å². The molecule has 0 amide bonds. The largest absolute Gasteiger partial charge is 0.466 e. The number of esters is 1. The highest BCUT2D eigenvalue weighted by atomic mass is 16.5. The van der Waals surface area contributed by atoms with Crippen LogP contribution in [0.15, 0.2) is 0 Å². The summed E-state index contributed by atoms with van der Waals surface area (Å²) >= 11 is 0. The van der Waals surface area contributed by atoms with Crippen molar-refractivity contribution < 1.29 is 9.53 Å². The molecule has 1 saturated heterocycles. The first-order valence-electron chi connectivity index (χ1n) is 5.64. The van der Waals surface area contributed by atoms with Crippen molar-refractivity contribution in [1.82, 2.24) is 5.32 Å². The van der Waals surface area contributed by atoms with Crippen LogP contribution in [0.2, 0.25) is 0 Å². The number of hydrogen-bond donors (Lipinski definition) is 1. The molecule has 0 aromatic carbocycles. The minimum atomic E-state index is -0.0420. The SMILES string of the molecule is CCOC(=O)CC1CNCCC1CC. The van der Waals surface area contributed by atoms with Crippen molar-refractivity contribution >= 4 is 5.97 Å². The molecular formula is C11H21NO2. The summed E-state index contributed by atoms with van der Waals surface area (Å²) in [6, 6.07) is 0. The van der Waals surface area contributed by atoms with E-state index in [1.165, 1.54) is 12.8 Å². The summed E-state index contributed by atoms with van der Waals surface area (Å²) in [6.07, 6.45) is 2.95. The molecule has 2 atom stereocenters. The first kappa shape index (κ1) is 11.5. The standard InChI is InChI=1S/C11H21NO2/c1-3-9-5-6-12-8-10(9)7-11(13)14-4-2/h9-10,12H,3-8H2,1-2H3. The van der Waals surface area contributed by atoms with Crippen molar-refractivity contribution in [3.63, 3.8) is 0 Å². The molecular weight excluding hydrogens is 178 g/mol. The molecule has 1 rings (SSSR count). The highest BCUT2D eigenvalue weighted by Gasteiger charge is 2.25. The zero-order valence-corrected chi connectivity index (χ0v) is 9.21. The van der Waals surface area contributed by atoms with Gasteiger partial charge in [-0.25, -0.2) is 0 Å². The van der Waals surface area contributed by atoms with E-state index < -0.39 is 0 Å². The van der Waals surface area contributed by atoms with Crippen molar-refractivity contribution in [3.05, 3.63) is 0 Å². The number of hydrogen-bond acceptors (Lipinski definition) is 3. The van der Waals surface area contributed by atoms with Crippen molar-refractivity contribution in [3.8, 4) is 0 Å². The number of nitrogens with one attached hydrogen (secondary N) is 1. The highest BCUT2D eigenvalue weighted by molar-refractivity contribution is 5.69. The molecule has 0 aromatic rings. The van der Waals surface area contributed by atoms with Gasteiger partial charge in [0.1, 0.15) is 0 Å². The third-order valence-electron chi connectivity index (χ3n) is 3.02. The van der Waals surface area contributed by atoms with Crippen LogP contribution in [0.4, 0.5) is 0 Å². The van der Waals surface area contributed by atoms with Crippen molar-refractivity contribution in [2.45, 2.75) is 33.1 Å². The zero-order valence-electron chi connectivity index (χ0n) is 9.21. The lowest BCUT2D eigenvalue weighted by molar-refractivity contribution is -0.144. The van der Waals surface area contributed by atoms with Crippen LogP contribution in [-0.2, 0) is 9.53 Å². The quantitative estimate of drug-likeness (QED) is 0.698. The Morgan fingerprint density at radius 3 is 2.86 bits per heavy atom. The molecule has 82 valence electrons. The summed E-state index contributed by atoms with van der Waals surface area (Å²) in [5, 5.41) is 3.34. The lowest BCUT2D eigenvalue weighted by Gasteiger charge is -2.30. The average Bonchev–Trinajstić information content (AvgIpc) is 2.19. The van der Waals surface area contributed by atoms with Crippen LogP contribution in [0.1, 0.15) is 33.1 Å². The van der Waals surface area contributed by atoms with Gasteiger partial charge in [0.15, 0.2) is 0 Å². The normalized spacial score (nSPS) is 27.3. The molecule has 0 bridgehead atoms. The second-order valence-corrected chi connectivity index (χ2v) is 3.93. The molecule has 1 N–H and O–H groups in total. The van der Waals surface area contributed by atoms with Gasteiger partial charge in [0.2, 0.25) is 0 Å². The molecule has 1 aliphatic heterocycles. The monoisotopic (exact) mass is 199 g/mol. The van der Waals surface area contributed by atoms with Gasteiger partial charge in [0, 0.05) is 6.42 Å². The van der Waals surface area contributed by atoms with E-state index in [9.17, 15) is 4.79 Å². The Balaban J connectivity index is 2.36. The molecule has 14 heavy (non-hydrogen) atoms. The lowest BCUT2D eigenvalue weighted by Crippen LogP contribution is -2.37. The number of piperidine rings is 1. The lowest BCUT2D eigenvalue weighted by atomic mass is 9.82. The van der Waals surface area contributed by atoms with Gasteiger partial charge in [-0.05, 0) is 38.3 Å². The first-order chi connectivity index (χ1) is 6.77. The Labute approximate surface area is 86.2 Å². The van der Waals surface area contributed by atoms with Crippen LogP contribution in [0.25, 0.3) is 0 Å². The molecule has 0 aromatic heterocycles. The molecule has 3 heteroatoms. The number of carbonyl (C=O) groups excluding carboxylic acids is 1. The predicted octanol–water partition coefficient (Wildman–Crippen LogP) is 1.58. The van der Waals surface area contributed by atoms with E-state index >= 15 is 0 Å². The molecule has 0 radical (unpaired) electrons. The average molecular weight is 199 g/mol. The van der Waals surface area contributed by atoms with Crippen LogP contribution >= 0.6 is 0 Å². The third-order valence-corrected chi connectivity index (χ3v) is 3.02. The zero-order chi connectivity index (χ0) is 10.4. The van der Waals surface area contributed by atoms with Crippen LogP contribution in [0.5, 0.6) is 0 Å². The fourth-order valence-electron chi connectivity index (χ4n) is 2.19. The number of carbonyl (C=O) groups is 1. The van der Waals surface area contributed by atoms with Gasteiger partial charge in [0.05, 0.1) is 6.61 Å². The van der Waals surface area contributed by atoms with Crippen molar-refractivity contribution in [2.24, 2.45) is 11.8 Å². The molecule has 3 nitrogen and oxygen atoms in total. The van der Waals surface area contributed by atoms with Crippen molar-refractivity contribution in [1.29, 1.82) is 0 Å². The molecule has 2 unspecified atom stereocenters. The van der Waals surface area contributed by atoms with Gasteiger partial charge in [-0.15, -0.1) is 0 Å². The van der Waals surface area contributed by atoms with Crippen molar-refractivity contribution in [2.75, 3.05) is 19.7 Å². The van der Waals surface area contributed by atoms with Gasteiger partial charge >= 0.3 is 5.97 Å². The van der Waals surface area contributed by atoms with E-state index in [-0.39, 0.29) is 5.97 Å². The summed E-state index contributed by atoms with van der Waals surface area (Å²) in [5.74, 6) is 1.13. The molecule has 1 heterocycles. The first-order valence-corrected chi connectivity index (χ1v) is 5.64. The highest BCUT2D eigenvalue weighted by Crippen LogP contribution is 2.25. The van der Waals surface area contributed by atoms with Crippen LogP contribution in [0, 0.1) is 11.8 Å². The molecule has 0 spiro atoms. The number of rotatable bonds is 4. The van der Waals surface area contributed by atoms with Gasteiger partial charge in [-0.3, -0.25) is 4.79 Å². The maximum atomic E-state index is 11.3. The molecule has 0 saturated carbocycles. The van der Waals surface area contributed by atoms with Crippen LogP contribution < -0.4 is 5.32 Å². The fraction of sp³-hybridized carbons (Fsp3) is 0.909. The van der Waals surface area contributed by atoms with Crippen LogP contribution in [0.3, 0.4) is 0 Å². The number of ether oxygens (including phenoxy) is 1. The molecule has 1 aliphatic rings. The summed E-state index contributed by atoms with van der Waals surface area (Å²) in [4.78, 5) is 11.3. The Morgan fingerprint density at radius 1 is 1.43 bits per heavy atom. The van der Waals surface area contributed by atoms with E-state index in [1.807, 2.05) is 6.92 Å². The fourth-order valence-corrected chi connectivity index (χ4v) is 2.19. The van der Waals surface area contributed by atoms with E-state index in [0.29, 0.717) is 24.9 Å². The van der Waals surface area contributed by atoms with E-state index in [1.54, 1.807) is 0 Å². The van der Waals surface area contributed by atoms with Gasteiger partial charge < -0.3 is 10.1 Å². The maximum absolute atomic E-state index is 11.3. The summed E-state index contributed by atoms with van der Waals surface area (Å²) in [6.45, 7) is 6.62. The van der Waals surface area contributed by atoms with Crippen LogP contribution in [-0.4, -0.2) is 25.7 Å². The smallest absolute Gasteiger partial charge is 0.306 e. The van der Waals surface area contributed by atoms with Gasteiger partial charge in [0.25, 0.3) is 0 Å². The van der Waals surface area contributed by atoms with Gasteiger partial charge in [-0.2, -0.15) is 0 Å². The molecule has 0 aliphatic carbocycles. The Bertz CT molecular complexity index is 182. The maximum Gasteiger partial charge on any atom is 0.306 e. The van der Waals surface area contributed by atoms with E-state index in [0.717, 1.165) is 13.1 Å². The summed E-state index contributed by atoms with van der Waals surface area (Å²) in [5.41, 5.74) is 0. The third kappa shape index (κ3) is 3.29. The summed E-state index contributed by atoms with van der Waals surface area (Å²) < 4.78 is 4.97. The molecule has 1 fully saturated rings. The van der Waals surface area contributed by atoms with Gasteiger partial charge in [-0.1, -0.05) is 13.3 Å². The summed E-state index contributed by atoms with van der Waals surface area (Å²) in [7, 11) is 0.